The Kier molecular flexibility index (Phi) is 2.02. The molecule has 2 nitrogen and oxygen atoms in total. The van der Waals surface area contributed by atoms with Crippen LogP contribution in [0.15, 0.2) is 23.6 Å². The summed E-state index contributed by atoms with van der Waals surface area (Å²) in [5.41, 5.74) is 0.278. The van der Waals surface area contributed by atoms with Crippen LogP contribution in [-0.2, 0) is 0 Å². The first-order valence-corrected chi connectivity index (χ1v) is 4.37. The second-order valence-corrected chi connectivity index (χ2v) is 3.27. The molecule has 0 spiro atoms. The summed E-state index contributed by atoms with van der Waals surface area (Å²) in [5.74, 6) is -0.851. The van der Waals surface area contributed by atoms with Crippen molar-refractivity contribution in [1.82, 2.24) is 9.97 Å². The molecule has 2 heterocycles. The van der Waals surface area contributed by atoms with Crippen molar-refractivity contribution in [3.8, 4) is 10.6 Å². The maximum absolute atomic E-state index is 12.6. The predicted molar refractivity (Wildman–Crippen MR) is 45.3 cm³/mol. The standard InChI is InChI=1S/C8H4F2N2S/c9-7-4-5(11-8(10)12-7)6-2-1-3-13-6/h1-4H. The van der Waals surface area contributed by atoms with Gasteiger partial charge in [0.05, 0.1) is 10.6 Å². The molecule has 0 radical (unpaired) electrons. The molecule has 0 unspecified atom stereocenters. The van der Waals surface area contributed by atoms with Gasteiger partial charge in [-0.1, -0.05) is 6.07 Å². The summed E-state index contributed by atoms with van der Waals surface area (Å²) < 4.78 is 25.2. The minimum Gasteiger partial charge on any atom is -0.201 e. The lowest BCUT2D eigenvalue weighted by Gasteiger charge is -1.95. The number of nitrogens with zero attached hydrogens (tertiary/aromatic N) is 2. The fourth-order valence-corrected chi connectivity index (χ4v) is 1.63. The SMILES string of the molecule is Fc1cc(-c2cccs2)nc(F)n1. The molecule has 0 saturated heterocycles. The highest BCUT2D eigenvalue weighted by molar-refractivity contribution is 7.13. The van der Waals surface area contributed by atoms with Crippen LogP contribution >= 0.6 is 11.3 Å². The van der Waals surface area contributed by atoms with Crippen molar-refractivity contribution in [3.63, 3.8) is 0 Å². The molecule has 0 saturated carbocycles. The largest absolute Gasteiger partial charge is 0.311 e. The van der Waals surface area contributed by atoms with Crippen molar-refractivity contribution < 1.29 is 8.78 Å². The minimum atomic E-state index is -1.04. The zero-order valence-electron chi connectivity index (χ0n) is 6.37. The third-order valence-electron chi connectivity index (χ3n) is 1.44. The summed E-state index contributed by atoms with van der Waals surface area (Å²) in [6.07, 6.45) is -1.04. The van der Waals surface area contributed by atoms with E-state index in [0.29, 0.717) is 0 Å². The van der Waals surface area contributed by atoms with Crippen molar-refractivity contribution in [2.75, 3.05) is 0 Å². The predicted octanol–water partition coefficient (Wildman–Crippen LogP) is 2.48. The van der Waals surface area contributed by atoms with Crippen LogP contribution in [0.5, 0.6) is 0 Å². The van der Waals surface area contributed by atoms with Crippen molar-refractivity contribution >= 4 is 11.3 Å². The molecule has 2 aromatic rings. The first-order valence-electron chi connectivity index (χ1n) is 3.49. The Labute approximate surface area is 76.9 Å². The summed E-state index contributed by atoms with van der Waals surface area (Å²) in [4.78, 5) is 7.10. The fraction of sp³-hybridized carbons (Fsp3) is 0. The normalized spacial score (nSPS) is 10.3. The minimum absolute atomic E-state index is 0.278. The first kappa shape index (κ1) is 8.25. The Morgan fingerprint density at radius 2 is 2.08 bits per heavy atom. The van der Waals surface area contributed by atoms with E-state index in [9.17, 15) is 8.78 Å². The van der Waals surface area contributed by atoms with E-state index in [1.807, 2.05) is 5.38 Å². The monoisotopic (exact) mass is 198 g/mol. The van der Waals surface area contributed by atoms with Crippen molar-refractivity contribution in [3.05, 3.63) is 35.6 Å². The van der Waals surface area contributed by atoms with E-state index in [0.717, 1.165) is 10.9 Å². The van der Waals surface area contributed by atoms with Gasteiger partial charge in [-0.3, -0.25) is 0 Å². The van der Waals surface area contributed by atoms with Crippen molar-refractivity contribution in [1.29, 1.82) is 0 Å². The lowest BCUT2D eigenvalue weighted by molar-refractivity contribution is 0.484. The van der Waals surface area contributed by atoms with Crippen LogP contribution in [0, 0.1) is 12.0 Å². The van der Waals surface area contributed by atoms with Crippen LogP contribution in [0.1, 0.15) is 0 Å². The molecule has 2 rings (SSSR count). The summed E-state index contributed by atoms with van der Waals surface area (Å²) in [7, 11) is 0. The number of thiophene rings is 1. The van der Waals surface area contributed by atoms with E-state index >= 15 is 0 Å². The molecule has 0 atom stereocenters. The molecular weight excluding hydrogens is 194 g/mol. The Hall–Kier alpha value is -1.36. The van der Waals surface area contributed by atoms with Gasteiger partial charge < -0.3 is 0 Å². The molecule has 0 N–H and O–H groups in total. The summed E-state index contributed by atoms with van der Waals surface area (Å²) >= 11 is 1.37. The van der Waals surface area contributed by atoms with Crippen LogP contribution in [0.4, 0.5) is 8.78 Å². The topological polar surface area (TPSA) is 25.8 Å². The van der Waals surface area contributed by atoms with Crippen molar-refractivity contribution in [2.45, 2.75) is 0 Å². The van der Waals surface area contributed by atoms with Crippen LogP contribution in [0.3, 0.4) is 0 Å². The number of hydrogen-bond acceptors (Lipinski definition) is 3. The Balaban J connectivity index is 2.53. The molecular formula is C8H4F2N2S. The van der Waals surface area contributed by atoms with Crippen LogP contribution in [0.2, 0.25) is 0 Å². The van der Waals surface area contributed by atoms with Crippen LogP contribution < -0.4 is 0 Å². The van der Waals surface area contributed by atoms with Gasteiger partial charge in [-0.25, -0.2) is 4.98 Å². The summed E-state index contributed by atoms with van der Waals surface area (Å²) in [5, 5.41) is 1.81. The molecule has 5 heteroatoms. The fourth-order valence-electron chi connectivity index (χ4n) is 0.940. The van der Waals surface area contributed by atoms with E-state index < -0.39 is 12.0 Å². The Morgan fingerprint density at radius 3 is 2.69 bits per heavy atom. The molecule has 0 amide bonds. The highest BCUT2D eigenvalue weighted by Gasteiger charge is 2.05. The van der Waals surface area contributed by atoms with E-state index in [-0.39, 0.29) is 5.69 Å². The lowest BCUT2D eigenvalue weighted by atomic mass is 10.3. The molecule has 0 bridgehead atoms. The highest BCUT2D eigenvalue weighted by atomic mass is 32.1. The third kappa shape index (κ3) is 1.70. The molecule has 0 aliphatic rings. The molecule has 0 aliphatic heterocycles. The molecule has 0 fully saturated rings. The third-order valence-corrected chi connectivity index (χ3v) is 2.33. The van der Waals surface area contributed by atoms with Gasteiger partial charge >= 0.3 is 6.08 Å². The van der Waals surface area contributed by atoms with Gasteiger partial charge in [-0.15, -0.1) is 11.3 Å². The van der Waals surface area contributed by atoms with Gasteiger partial charge in [0.2, 0.25) is 5.95 Å². The van der Waals surface area contributed by atoms with Gasteiger partial charge in [-0.2, -0.15) is 13.8 Å². The van der Waals surface area contributed by atoms with E-state index in [1.165, 1.54) is 11.3 Å². The first-order chi connectivity index (χ1) is 6.25. The van der Waals surface area contributed by atoms with Gasteiger partial charge in [-0.05, 0) is 11.4 Å². The molecule has 13 heavy (non-hydrogen) atoms. The molecule has 0 aliphatic carbocycles. The highest BCUT2D eigenvalue weighted by Crippen LogP contribution is 2.22. The lowest BCUT2D eigenvalue weighted by Crippen LogP contribution is -1.94. The maximum atomic E-state index is 12.6. The van der Waals surface area contributed by atoms with Crippen molar-refractivity contribution in [2.24, 2.45) is 0 Å². The average Bonchev–Trinajstić information content (AvgIpc) is 2.53. The molecule has 2 aromatic heterocycles. The Morgan fingerprint density at radius 1 is 1.23 bits per heavy atom. The van der Waals surface area contributed by atoms with Crippen LogP contribution in [-0.4, -0.2) is 9.97 Å². The number of aromatic nitrogens is 2. The molecule has 66 valence electrons. The number of halogens is 2. The second-order valence-electron chi connectivity index (χ2n) is 2.32. The zero-order valence-corrected chi connectivity index (χ0v) is 7.18. The zero-order chi connectivity index (χ0) is 9.26. The summed E-state index contributed by atoms with van der Waals surface area (Å²) in [6.45, 7) is 0. The quantitative estimate of drug-likeness (QED) is 0.519. The van der Waals surface area contributed by atoms with Gasteiger partial charge in [0, 0.05) is 6.07 Å². The van der Waals surface area contributed by atoms with E-state index in [2.05, 4.69) is 9.97 Å². The van der Waals surface area contributed by atoms with E-state index in [4.69, 9.17) is 0 Å². The second kappa shape index (κ2) is 3.18. The number of hydrogen-bond donors (Lipinski definition) is 0. The molecule has 0 aromatic carbocycles. The smallest absolute Gasteiger partial charge is 0.201 e. The average molecular weight is 198 g/mol. The Bertz CT molecular complexity index is 394. The number of rotatable bonds is 1. The van der Waals surface area contributed by atoms with Gasteiger partial charge in [0.25, 0.3) is 0 Å². The maximum Gasteiger partial charge on any atom is 0.311 e. The van der Waals surface area contributed by atoms with Gasteiger partial charge in [0.15, 0.2) is 0 Å². The van der Waals surface area contributed by atoms with E-state index in [1.54, 1.807) is 12.1 Å². The van der Waals surface area contributed by atoms with Crippen LogP contribution in [0.25, 0.3) is 10.6 Å². The summed E-state index contributed by atoms with van der Waals surface area (Å²) in [6, 6.07) is 4.64. The van der Waals surface area contributed by atoms with Gasteiger partial charge in [0.1, 0.15) is 0 Å².